The Balaban J connectivity index is 1.53. The van der Waals surface area contributed by atoms with Gasteiger partial charge in [0.2, 0.25) is 11.8 Å². The van der Waals surface area contributed by atoms with Crippen LogP contribution in [0.4, 0.5) is 0 Å². The monoisotopic (exact) mass is 365 g/mol. The lowest BCUT2D eigenvalue weighted by atomic mass is 10.0. The van der Waals surface area contributed by atoms with E-state index < -0.39 is 6.04 Å². The highest BCUT2D eigenvalue weighted by atomic mass is 16.2. The van der Waals surface area contributed by atoms with Crippen molar-refractivity contribution in [1.82, 2.24) is 9.80 Å². The van der Waals surface area contributed by atoms with Crippen molar-refractivity contribution >= 4 is 11.8 Å². The average Bonchev–Trinajstić information content (AvgIpc) is 2.69. The average molecular weight is 365 g/mol. The van der Waals surface area contributed by atoms with Crippen molar-refractivity contribution in [3.63, 3.8) is 0 Å². The van der Waals surface area contributed by atoms with Crippen molar-refractivity contribution in [2.75, 3.05) is 26.2 Å². The lowest BCUT2D eigenvalue weighted by Crippen LogP contribution is -2.52. The molecule has 2 aromatic rings. The smallest absolute Gasteiger partial charge is 0.244 e. The third-order valence-electron chi connectivity index (χ3n) is 5.12. The van der Waals surface area contributed by atoms with Gasteiger partial charge in [-0.05, 0) is 25.0 Å². The lowest BCUT2D eigenvalue weighted by molar-refractivity contribution is -0.140. The molecule has 2 N–H and O–H groups in total. The molecule has 0 bridgehead atoms. The van der Waals surface area contributed by atoms with Gasteiger partial charge in [-0.2, -0.15) is 0 Å². The molecule has 1 aliphatic heterocycles. The first kappa shape index (κ1) is 19.1. The number of nitrogens with zero attached hydrogens (tertiary/aromatic N) is 2. The first-order valence-corrected chi connectivity index (χ1v) is 9.38. The summed E-state index contributed by atoms with van der Waals surface area (Å²) in [6, 6.07) is 15.1. The molecule has 0 aromatic heterocycles. The predicted octanol–water partition coefficient (Wildman–Crippen LogP) is 2.22. The van der Waals surface area contributed by atoms with Crippen molar-refractivity contribution in [2.45, 2.75) is 26.3 Å². The van der Waals surface area contributed by atoms with E-state index in [1.54, 1.807) is 4.90 Å². The summed E-state index contributed by atoms with van der Waals surface area (Å²) < 4.78 is 0. The van der Waals surface area contributed by atoms with E-state index >= 15 is 0 Å². The zero-order valence-electron chi connectivity index (χ0n) is 16.0. The molecule has 2 aromatic carbocycles. The van der Waals surface area contributed by atoms with Crippen LogP contribution in [-0.4, -0.2) is 47.8 Å². The Kier molecular flexibility index (Phi) is 5.91. The molecule has 0 saturated carbocycles. The number of piperazine rings is 1. The summed E-state index contributed by atoms with van der Waals surface area (Å²) in [4.78, 5) is 28.8. The molecule has 0 radical (unpaired) electrons. The summed E-state index contributed by atoms with van der Waals surface area (Å²) in [6.45, 7) is 6.19. The maximum Gasteiger partial charge on any atom is 0.244 e. The first-order chi connectivity index (χ1) is 12.9. The summed E-state index contributed by atoms with van der Waals surface area (Å²) in [5.41, 5.74) is 10.3. The van der Waals surface area contributed by atoms with Gasteiger partial charge in [-0.15, -0.1) is 0 Å². The molecule has 1 aliphatic rings. The van der Waals surface area contributed by atoms with Crippen LogP contribution in [0.1, 0.15) is 28.3 Å². The second-order valence-corrected chi connectivity index (χ2v) is 7.26. The minimum atomic E-state index is -0.652. The Morgan fingerprint density at radius 2 is 1.33 bits per heavy atom. The van der Waals surface area contributed by atoms with Gasteiger partial charge < -0.3 is 15.5 Å². The van der Waals surface area contributed by atoms with Crippen LogP contribution in [0.25, 0.3) is 0 Å². The summed E-state index contributed by atoms with van der Waals surface area (Å²) >= 11 is 0. The molecule has 0 spiro atoms. The van der Waals surface area contributed by atoms with E-state index in [-0.39, 0.29) is 11.8 Å². The number of nitrogens with two attached hydrogens (primary N) is 1. The molecular formula is C22H27N3O2. The van der Waals surface area contributed by atoms with E-state index in [9.17, 15) is 9.59 Å². The second-order valence-electron chi connectivity index (χ2n) is 7.26. The van der Waals surface area contributed by atoms with Gasteiger partial charge in [0.15, 0.2) is 0 Å². The fourth-order valence-corrected chi connectivity index (χ4v) is 3.28. The molecule has 1 heterocycles. The number of carbonyl (C=O) groups excluding carboxylic acids is 2. The Morgan fingerprint density at radius 1 is 0.852 bits per heavy atom. The van der Waals surface area contributed by atoms with Crippen LogP contribution >= 0.6 is 0 Å². The molecule has 0 aliphatic carbocycles. The number of amides is 2. The predicted molar refractivity (Wildman–Crippen MR) is 106 cm³/mol. The maximum absolute atomic E-state index is 12.7. The molecule has 5 heteroatoms. The molecule has 1 unspecified atom stereocenters. The van der Waals surface area contributed by atoms with Crippen LogP contribution in [0.2, 0.25) is 0 Å². The number of rotatable bonds is 4. The van der Waals surface area contributed by atoms with Crippen molar-refractivity contribution in [3.05, 3.63) is 70.8 Å². The molecule has 5 nitrogen and oxygen atoms in total. The van der Waals surface area contributed by atoms with E-state index in [1.807, 2.05) is 67.3 Å². The van der Waals surface area contributed by atoms with E-state index in [4.69, 9.17) is 5.73 Å². The van der Waals surface area contributed by atoms with E-state index in [1.165, 1.54) is 5.56 Å². The van der Waals surface area contributed by atoms with Crippen molar-refractivity contribution < 1.29 is 9.59 Å². The number of aryl methyl sites for hydroxylation is 2. The minimum absolute atomic E-state index is 0.0792. The van der Waals surface area contributed by atoms with Gasteiger partial charge in [-0.25, -0.2) is 0 Å². The number of hydrogen-bond acceptors (Lipinski definition) is 3. The van der Waals surface area contributed by atoms with Gasteiger partial charge in [0.1, 0.15) is 6.04 Å². The maximum atomic E-state index is 12.7. The quantitative estimate of drug-likeness (QED) is 0.903. The van der Waals surface area contributed by atoms with E-state index in [0.29, 0.717) is 32.6 Å². The molecule has 1 atom stereocenters. The van der Waals surface area contributed by atoms with Gasteiger partial charge in [-0.3, -0.25) is 9.59 Å². The zero-order valence-corrected chi connectivity index (χ0v) is 16.0. The minimum Gasteiger partial charge on any atom is -0.339 e. The van der Waals surface area contributed by atoms with Crippen molar-refractivity contribution in [2.24, 2.45) is 5.73 Å². The third kappa shape index (κ3) is 4.74. The first-order valence-electron chi connectivity index (χ1n) is 9.38. The summed E-state index contributed by atoms with van der Waals surface area (Å²) in [5.74, 6) is 0.0262. The van der Waals surface area contributed by atoms with Crippen LogP contribution in [0.15, 0.2) is 48.5 Å². The topological polar surface area (TPSA) is 66.6 Å². The highest BCUT2D eigenvalue weighted by Crippen LogP contribution is 2.16. The molecule has 3 rings (SSSR count). The Labute approximate surface area is 160 Å². The van der Waals surface area contributed by atoms with Crippen LogP contribution < -0.4 is 5.73 Å². The van der Waals surface area contributed by atoms with E-state index in [0.717, 1.165) is 16.7 Å². The SMILES string of the molecule is Cc1ccc(CC(=O)N2CCN(C(=O)C(N)c3ccc(C)cc3)CC2)cc1. The Morgan fingerprint density at radius 3 is 1.89 bits per heavy atom. The van der Waals surface area contributed by atoms with Crippen molar-refractivity contribution in [1.29, 1.82) is 0 Å². The normalized spacial score (nSPS) is 15.5. The molecule has 1 fully saturated rings. The van der Waals surface area contributed by atoms with E-state index in [2.05, 4.69) is 0 Å². The molecule has 2 amide bonds. The number of carbonyl (C=O) groups is 2. The second kappa shape index (κ2) is 8.35. The molecular weight excluding hydrogens is 338 g/mol. The van der Waals surface area contributed by atoms with Crippen LogP contribution in [-0.2, 0) is 16.0 Å². The zero-order chi connectivity index (χ0) is 19.4. The molecule has 142 valence electrons. The van der Waals surface area contributed by atoms with Gasteiger partial charge in [-0.1, -0.05) is 59.7 Å². The third-order valence-corrected chi connectivity index (χ3v) is 5.12. The van der Waals surface area contributed by atoms with Gasteiger partial charge in [0, 0.05) is 26.2 Å². The van der Waals surface area contributed by atoms with Crippen LogP contribution in [0.5, 0.6) is 0 Å². The van der Waals surface area contributed by atoms with Crippen LogP contribution in [0.3, 0.4) is 0 Å². The highest BCUT2D eigenvalue weighted by Gasteiger charge is 2.27. The number of benzene rings is 2. The van der Waals surface area contributed by atoms with Gasteiger partial charge >= 0.3 is 0 Å². The summed E-state index contributed by atoms with van der Waals surface area (Å²) in [7, 11) is 0. The fourth-order valence-electron chi connectivity index (χ4n) is 3.28. The number of hydrogen-bond donors (Lipinski definition) is 1. The Hall–Kier alpha value is -2.66. The standard InChI is InChI=1S/C22H27N3O2/c1-16-3-7-18(8-4-16)15-20(26)24-11-13-25(14-12-24)22(27)21(23)19-9-5-17(2)6-10-19/h3-10,21H,11-15,23H2,1-2H3. The lowest BCUT2D eigenvalue weighted by Gasteiger charge is -2.36. The highest BCUT2D eigenvalue weighted by molar-refractivity contribution is 5.84. The van der Waals surface area contributed by atoms with Gasteiger partial charge in [0.25, 0.3) is 0 Å². The molecule has 1 saturated heterocycles. The summed E-state index contributed by atoms with van der Waals surface area (Å²) in [6.07, 6.45) is 0.400. The Bertz CT molecular complexity index is 791. The van der Waals surface area contributed by atoms with Crippen molar-refractivity contribution in [3.8, 4) is 0 Å². The van der Waals surface area contributed by atoms with Crippen LogP contribution in [0, 0.1) is 13.8 Å². The summed E-state index contributed by atoms with van der Waals surface area (Å²) in [5, 5.41) is 0. The van der Waals surface area contributed by atoms with Gasteiger partial charge in [0.05, 0.1) is 6.42 Å². The largest absolute Gasteiger partial charge is 0.339 e. The fraction of sp³-hybridized carbons (Fsp3) is 0.364. The molecule has 27 heavy (non-hydrogen) atoms.